The van der Waals surface area contributed by atoms with E-state index in [4.69, 9.17) is 11.6 Å². The van der Waals surface area contributed by atoms with Gasteiger partial charge in [-0.1, -0.05) is 62.4 Å². The first-order valence-electron chi connectivity index (χ1n) is 6.05. The van der Waals surface area contributed by atoms with Gasteiger partial charge in [0.15, 0.2) is 0 Å². The van der Waals surface area contributed by atoms with Crippen LogP contribution in [0.4, 0.5) is 0 Å². The van der Waals surface area contributed by atoms with Crippen molar-refractivity contribution in [1.29, 1.82) is 0 Å². The van der Waals surface area contributed by atoms with Gasteiger partial charge in [-0.2, -0.15) is 0 Å². The first kappa shape index (κ1) is 13.5. The molecule has 0 aliphatic carbocycles. The third-order valence-electron chi connectivity index (χ3n) is 2.97. The average Bonchev–Trinajstić information content (AvgIpc) is 2.25. The molecule has 1 nitrogen and oxygen atoms in total. The van der Waals surface area contributed by atoms with E-state index < -0.39 is 5.60 Å². The lowest BCUT2D eigenvalue weighted by Gasteiger charge is -2.24. The van der Waals surface area contributed by atoms with Crippen LogP contribution in [0.2, 0.25) is 5.02 Å². The molecule has 0 saturated heterocycles. The molecule has 0 heterocycles. The van der Waals surface area contributed by atoms with Crippen LogP contribution in [-0.4, -0.2) is 5.11 Å². The normalized spacial score (nSPS) is 14.8. The molecule has 0 aliphatic rings. The van der Waals surface area contributed by atoms with Gasteiger partial charge in [0.2, 0.25) is 0 Å². The lowest BCUT2D eigenvalue weighted by Crippen LogP contribution is -2.21. The van der Waals surface area contributed by atoms with Crippen molar-refractivity contribution in [2.75, 3.05) is 0 Å². The second-order valence-electron chi connectivity index (χ2n) is 4.56. The van der Waals surface area contributed by atoms with Gasteiger partial charge >= 0.3 is 0 Å². The molecular formula is C14H21ClO. The van der Waals surface area contributed by atoms with Gasteiger partial charge in [-0.25, -0.2) is 0 Å². The Hall–Kier alpha value is -0.530. The Bertz CT molecular complexity index is 320. The van der Waals surface area contributed by atoms with Gasteiger partial charge in [0.1, 0.15) is 0 Å². The van der Waals surface area contributed by atoms with Crippen LogP contribution in [0.15, 0.2) is 24.3 Å². The molecule has 2 heteroatoms. The SMILES string of the molecule is CCCCCCC(C)(O)c1ccccc1Cl. The van der Waals surface area contributed by atoms with E-state index in [-0.39, 0.29) is 0 Å². The molecule has 0 saturated carbocycles. The van der Waals surface area contributed by atoms with Crippen molar-refractivity contribution in [1.82, 2.24) is 0 Å². The maximum absolute atomic E-state index is 10.4. The van der Waals surface area contributed by atoms with E-state index in [0.717, 1.165) is 18.4 Å². The maximum atomic E-state index is 10.4. The van der Waals surface area contributed by atoms with Gasteiger partial charge in [-0.15, -0.1) is 0 Å². The highest BCUT2D eigenvalue weighted by Crippen LogP contribution is 2.32. The zero-order valence-electron chi connectivity index (χ0n) is 10.2. The second kappa shape index (κ2) is 6.27. The molecule has 0 aromatic heterocycles. The summed E-state index contributed by atoms with van der Waals surface area (Å²) in [4.78, 5) is 0. The average molecular weight is 241 g/mol. The highest BCUT2D eigenvalue weighted by molar-refractivity contribution is 6.31. The fraction of sp³-hybridized carbons (Fsp3) is 0.571. The molecule has 1 unspecified atom stereocenters. The molecule has 0 amide bonds. The summed E-state index contributed by atoms with van der Waals surface area (Å²) < 4.78 is 0. The standard InChI is InChI=1S/C14H21ClO/c1-3-4-5-8-11-14(2,16)12-9-6-7-10-13(12)15/h6-7,9-10,16H,3-5,8,11H2,1-2H3. The van der Waals surface area contributed by atoms with E-state index in [1.165, 1.54) is 19.3 Å². The molecule has 90 valence electrons. The van der Waals surface area contributed by atoms with Crippen molar-refractivity contribution < 1.29 is 5.11 Å². The molecule has 1 N–H and O–H groups in total. The smallest absolute Gasteiger partial charge is 0.0882 e. The van der Waals surface area contributed by atoms with E-state index in [0.29, 0.717) is 5.02 Å². The number of rotatable bonds is 6. The molecule has 1 rings (SSSR count). The zero-order chi connectivity index (χ0) is 12.0. The highest BCUT2D eigenvalue weighted by Gasteiger charge is 2.24. The lowest BCUT2D eigenvalue weighted by atomic mass is 9.90. The van der Waals surface area contributed by atoms with Crippen LogP contribution in [0, 0.1) is 0 Å². The van der Waals surface area contributed by atoms with Crippen molar-refractivity contribution in [3.05, 3.63) is 34.9 Å². The number of unbranched alkanes of at least 4 members (excludes halogenated alkanes) is 3. The van der Waals surface area contributed by atoms with Crippen LogP contribution in [0.25, 0.3) is 0 Å². The Kier molecular flexibility index (Phi) is 5.30. The van der Waals surface area contributed by atoms with Gasteiger partial charge in [0, 0.05) is 10.6 Å². The Morgan fingerprint density at radius 3 is 2.50 bits per heavy atom. The van der Waals surface area contributed by atoms with Gasteiger partial charge in [-0.3, -0.25) is 0 Å². The molecule has 0 fully saturated rings. The van der Waals surface area contributed by atoms with Crippen molar-refractivity contribution in [2.24, 2.45) is 0 Å². The lowest BCUT2D eigenvalue weighted by molar-refractivity contribution is 0.0449. The zero-order valence-corrected chi connectivity index (χ0v) is 10.9. The highest BCUT2D eigenvalue weighted by atomic mass is 35.5. The van der Waals surface area contributed by atoms with E-state index in [9.17, 15) is 5.11 Å². The number of benzene rings is 1. The van der Waals surface area contributed by atoms with Crippen LogP contribution in [-0.2, 0) is 5.60 Å². The number of halogens is 1. The minimum Gasteiger partial charge on any atom is -0.385 e. The molecule has 0 aliphatic heterocycles. The minimum atomic E-state index is -0.800. The molecule has 1 aromatic carbocycles. The van der Waals surface area contributed by atoms with Gasteiger partial charge in [-0.05, 0) is 19.4 Å². The van der Waals surface area contributed by atoms with Crippen molar-refractivity contribution in [3.8, 4) is 0 Å². The van der Waals surface area contributed by atoms with Crippen molar-refractivity contribution >= 4 is 11.6 Å². The Labute approximate surface area is 103 Å². The summed E-state index contributed by atoms with van der Waals surface area (Å²) in [5, 5.41) is 11.0. The summed E-state index contributed by atoms with van der Waals surface area (Å²) in [6.07, 6.45) is 5.45. The summed E-state index contributed by atoms with van der Waals surface area (Å²) in [6.45, 7) is 4.03. The van der Waals surface area contributed by atoms with Gasteiger partial charge in [0.05, 0.1) is 5.60 Å². The molecular weight excluding hydrogens is 220 g/mol. The number of hydrogen-bond acceptors (Lipinski definition) is 1. The van der Waals surface area contributed by atoms with E-state index in [1.807, 2.05) is 31.2 Å². The van der Waals surface area contributed by atoms with Gasteiger partial charge < -0.3 is 5.11 Å². The summed E-state index contributed by atoms with van der Waals surface area (Å²) >= 11 is 6.09. The summed E-state index contributed by atoms with van der Waals surface area (Å²) in [7, 11) is 0. The summed E-state index contributed by atoms with van der Waals surface area (Å²) in [5.41, 5.74) is 0.0414. The van der Waals surface area contributed by atoms with Crippen LogP contribution >= 0.6 is 11.6 Å². The predicted molar refractivity (Wildman–Crippen MR) is 69.8 cm³/mol. The van der Waals surface area contributed by atoms with Gasteiger partial charge in [0.25, 0.3) is 0 Å². The number of hydrogen-bond donors (Lipinski definition) is 1. The largest absolute Gasteiger partial charge is 0.385 e. The van der Waals surface area contributed by atoms with Crippen LogP contribution in [0.1, 0.15) is 51.5 Å². The fourth-order valence-corrected chi connectivity index (χ4v) is 2.27. The van der Waals surface area contributed by atoms with Crippen molar-refractivity contribution in [3.63, 3.8) is 0 Å². The summed E-state index contributed by atoms with van der Waals surface area (Å²) in [5.74, 6) is 0. The molecule has 0 bridgehead atoms. The fourth-order valence-electron chi connectivity index (χ4n) is 1.93. The Balaban J connectivity index is 2.59. The molecule has 16 heavy (non-hydrogen) atoms. The Morgan fingerprint density at radius 2 is 1.88 bits per heavy atom. The van der Waals surface area contributed by atoms with Crippen LogP contribution < -0.4 is 0 Å². The minimum absolute atomic E-state index is 0.656. The first-order chi connectivity index (χ1) is 7.58. The van der Waals surface area contributed by atoms with Crippen molar-refractivity contribution in [2.45, 2.75) is 51.6 Å². The molecule has 0 radical (unpaired) electrons. The molecule has 1 atom stereocenters. The van der Waals surface area contributed by atoms with Crippen LogP contribution in [0.5, 0.6) is 0 Å². The number of aliphatic hydroxyl groups is 1. The third-order valence-corrected chi connectivity index (χ3v) is 3.30. The predicted octanol–water partition coefficient (Wildman–Crippen LogP) is 4.52. The third kappa shape index (κ3) is 3.80. The maximum Gasteiger partial charge on any atom is 0.0882 e. The second-order valence-corrected chi connectivity index (χ2v) is 4.97. The van der Waals surface area contributed by atoms with E-state index in [1.54, 1.807) is 0 Å². The van der Waals surface area contributed by atoms with Crippen LogP contribution in [0.3, 0.4) is 0 Å². The topological polar surface area (TPSA) is 20.2 Å². The monoisotopic (exact) mass is 240 g/mol. The van der Waals surface area contributed by atoms with E-state index in [2.05, 4.69) is 6.92 Å². The molecule has 0 spiro atoms. The Morgan fingerprint density at radius 1 is 1.19 bits per heavy atom. The quantitative estimate of drug-likeness (QED) is 0.725. The summed E-state index contributed by atoms with van der Waals surface area (Å²) in [6, 6.07) is 7.54. The molecule has 1 aromatic rings. The van der Waals surface area contributed by atoms with E-state index >= 15 is 0 Å². The first-order valence-corrected chi connectivity index (χ1v) is 6.43.